The van der Waals surface area contributed by atoms with Gasteiger partial charge in [0.25, 0.3) is 0 Å². The van der Waals surface area contributed by atoms with Gasteiger partial charge in [-0.1, -0.05) is 24.3 Å². The average molecular weight is 257 g/mol. The number of rotatable bonds is 4. The van der Waals surface area contributed by atoms with Gasteiger partial charge in [-0.15, -0.1) is 0 Å². The van der Waals surface area contributed by atoms with E-state index in [4.69, 9.17) is 21.0 Å². The Balaban J connectivity index is 2.99. The molecule has 0 saturated heterocycles. The van der Waals surface area contributed by atoms with Crippen LogP contribution in [0.5, 0.6) is 0 Å². The maximum atomic E-state index is 10.5. The number of ether oxygens (including phenoxy) is 2. The molecule has 2 N–H and O–H groups in total. The van der Waals surface area contributed by atoms with Gasteiger partial charge in [0.2, 0.25) is 0 Å². The molecule has 6 nitrogen and oxygen atoms in total. The number of carbonyl (C=O) groups excluding carboxylic acids is 1. The van der Waals surface area contributed by atoms with Gasteiger partial charge in [-0.2, -0.15) is 10.5 Å². The van der Waals surface area contributed by atoms with Crippen molar-refractivity contribution in [1.29, 1.82) is 10.5 Å². The largest absolute Gasteiger partial charge is 0.494 e. The highest BCUT2D eigenvalue weighted by Gasteiger charge is 2.09. The van der Waals surface area contributed by atoms with Crippen LogP contribution in [-0.4, -0.2) is 13.2 Å². The molecule has 0 aromatic heterocycles. The van der Waals surface area contributed by atoms with Crippen molar-refractivity contribution in [3.8, 4) is 12.1 Å². The molecule has 1 rings (SSSR count). The van der Waals surface area contributed by atoms with E-state index in [0.29, 0.717) is 5.56 Å². The van der Waals surface area contributed by atoms with Gasteiger partial charge in [0, 0.05) is 5.56 Å². The van der Waals surface area contributed by atoms with E-state index in [-0.39, 0.29) is 17.9 Å². The molecule has 0 atom stereocenters. The molecule has 19 heavy (non-hydrogen) atoms. The van der Waals surface area contributed by atoms with Crippen LogP contribution in [0.3, 0.4) is 0 Å². The molecule has 0 radical (unpaired) electrons. The standard InChI is InChI=1S/C13H11N3O3/c1-18-12(11(6-14)7-15)10-4-2-9(3-5-10)8-19-13(16)17/h2-5H,8H2,1H3,(H2,16,17). The van der Waals surface area contributed by atoms with Gasteiger partial charge < -0.3 is 15.2 Å². The Morgan fingerprint density at radius 1 is 1.26 bits per heavy atom. The smallest absolute Gasteiger partial charge is 0.404 e. The number of primary amides is 1. The molecule has 96 valence electrons. The van der Waals surface area contributed by atoms with Crippen molar-refractivity contribution in [2.75, 3.05) is 7.11 Å². The molecule has 0 spiro atoms. The molecule has 0 unspecified atom stereocenters. The lowest BCUT2D eigenvalue weighted by Gasteiger charge is -2.07. The summed E-state index contributed by atoms with van der Waals surface area (Å²) in [5, 5.41) is 17.6. The molecule has 0 heterocycles. The van der Waals surface area contributed by atoms with E-state index in [0.717, 1.165) is 5.56 Å². The van der Waals surface area contributed by atoms with Crippen molar-refractivity contribution in [2.45, 2.75) is 6.61 Å². The second-order valence-corrected chi connectivity index (χ2v) is 3.44. The van der Waals surface area contributed by atoms with Crippen LogP contribution in [0.15, 0.2) is 29.8 Å². The second-order valence-electron chi connectivity index (χ2n) is 3.44. The molecule has 1 aromatic rings. The van der Waals surface area contributed by atoms with Crippen LogP contribution in [0.2, 0.25) is 0 Å². The van der Waals surface area contributed by atoms with Crippen LogP contribution >= 0.6 is 0 Å². The van der Waals surface area contributed by atoms with Gasteiger partial charge >= 0.3 is 6.09 Å². The van der Waals surface area contributed by atoms with Crippen molar-refractivity contribution < 1.29 is 14.3 Å². The lowest BCUT2D eigenvalue weighted by atomic mass is 10.1. The lowest BCUT2D eigenvalue weighted by Crippen LogP contribution is -2.12. The first-order chi connectivity index (χ1) is 9.12. The minimum absolute atomic E-state index is 0.0605. The molecule has 0 bridgehead atoms. The van der Waals surface area contributed by atoms with Gasteiger partial charge in [-0.3, -0.25) is 0 Å². The van der Waals surface area contributed by atoms with Crippen molar-refractivity contribution in [3.63, 3.8) is 0 Å². The topological polar surface area (TPSA) is 109 Å². The Morgan fingerprint density at radius 3 is 2.26 bits per heavy atom. The first kappa shape index (κ1) is 14.1. The molecule has 0 saturated carbocycles. The maximum Gasteiger partial charge on any atom is 0.404 e. The first-order valence-corrected chi connectivity index (χ1v) is 5.22. The van der Waals surface area contributed by atoms with Gasteiger partial charge in [-0.25, -0.2) is 4.79 Å². The third-order valence-electron chi connectivity index (χ3n) is 2.25. The fraction of sp³-hybridized carbons (Fsp3) is 0.154. The Morgan fingerprint density at radius 2 is 1.84 bits per heavy atom. The zero-order valence-electron chi connectivity index (χ0n) is 10.2. The first-order valence-electron chi connectivity index (χ1n) is 5.22. The number of hydrogen-bond donors (Lipinski definition) is 1. The maximum absolute atomic E-state index is 10.5. The van der Waals surface area contributed by atoms with Crippen molar-refractivity contribution >= 4 is 11.9 Å². The summed E-state index contributed by atoms with van der Waals surface area (Å²) in [5.41, 5.74) is 6.06. The van der Waals surface area contributed by atoms with E-state index in [1.807, 2.05) is 0 Å². The lowest BCUT2D eigenvalue weighted by molar-refractivity contribution is 0.150. The summed E-state index contributed by atoms with van der Waals surface area (Å²) in [6.07, 6.45) is -0.849. The monoisotopic (exact) mass is 257 g/mol. The Hall–Kier alpha value is -2.99. The average Bonchev–Trinajstić information content (AvgIpc) is 2.43. The van der Waals surface area contributed by atoms with Crippen molar-refractivity contribution in [3.05, 3.63) is 41.0 Å². The molecular weight excluding hydrogens is 246 g/mol. The van der Waals surface area contributed by atoms with Gasteiger partial charge in [0.15, 0.2) is 11.3 Å². The predicted octanol–water partition coefficient (Wildman–Crippen LogP) is 1.69. The van der Waals surface area contributed by atoms with Crippen LogP contribution in [-0.2, 0) is 16.1 Å². The summed E-state index contributed by atoms with van der Waals surface area (Å²) >= 11 is 0. The summed E-state index contributed by atoms with van der Waals surface area (Å²) in [4.78, 5) is 10.5. The Labute approximate surface area is 110 Å². The van der Waals surface area contributed by atoms with E-state index in [2.05, 4.69) is 4.74 Å². The molecular formula is C13H11N3O3. The Bertz CT molecular complexity index is 561. The van der Waals surface area contributed by atoms with E-state index < -0.39 is 6.09 Å². The number of nitrogens with zero attached hydrogens (tertiary/aromatic N) is 2. The molecule has 0 fully saturated rings. The van der Waals surface area contributed by atoms with Gasteiger partial charge in [0.05, 0.1) is 7.11 Å². The van der Waals surface area contributed by atoms with Crippen LogP contribution in [0.1, 0.15) is 11.1 Å². The second kappa shape index (κ2) is 6.67. The highest BCUT2D eigenvalue weighted by Crippen LogP contribution is 2.19. The highest BCUT2D eigenvalue weighted by atomic mass is 16.5. The SMILES string of the molecule is COC(=C(C#N)C#N)c1ccc(COC(N)=O)cc1. The normalized spacial score (nSPS) is 8.79. The highest BCUT2D eigenvalue weighted by molar-refractivity contribution is 5.70. The van der Waals surface area contributed by atoms with Crippen molar-refractivity contribution in [2.24, 2.45) is 5.73 Å². The Kier molecular flexibility index (Phi) is 4.94. The third-order valence-corrected chi connectivity index (χ3v) is 2.25. The van der Waals surface area contributed by atoms with Crippen LogP contribution in [0.25, 0.3) is 5.76 Å². The van der Waals surface area contributed by atoms with E-state index in [9.17, 15) is 4.79 Å². The molecule has 0 aliphatic rings. The molecule has 6 heteroatoms. The third kappa shape index (κ3) is 3.76. The number of amides is 1. The summed E-state index contributed by atoms with van der Waals surface area (Å²) < 4.78 is 9.68. The molecule has 0 aliphatic heterocycles. The summed E-state index contributed by atoms with van der Waals surface area (Å²) in [7, 11) is 1.38. The number of hydrogen-bond acceptors (Lipinski definition) is 5. The van der Waals surface area contributed by atoms with Crippen LogP contribution in [0.4, 0.5) is 4.79 Å². The van der Waals surface area contributed by atoms with Crippen molar-refractivity contribution in [1.82, 2.24) is 0 Å². The number of nitrogens with two attached hydrogens (primary N) is 1. The summed E-state index contributed by atoms with van der Waals surface area (Å²) in [6.45, 7) is 0.0605. The van der Waals surface area contributed by atoms with E-state index in [1.54, 1.807) is 36.4 Å². The number of carbonyl (C=O) groups is 1. The molecule has 1 aromatic carbocycles. The van der Waals surface area contributed by atoms with Crippen LogP contribution < -0.4 is 5.73 Å². The quantitative estimate of drug-likeness (QED) is 0.652. The number of nitriles is 2. The van der Waals surface area contributed by atoms with Gasteiger partial charge in [0.1, 0.15) is 18.7 Å². The predicted molar refractivity (Wildman–Crippen MR) is 66.0 cm³/mol. The summed E-state index contributed by atoms with van der Waals surface area (Å²) in [6, 6.07) is 10.2. The van der Waals surface area contributed by atoms with E-state index >= 15 is 0 Å². The molecule has 0 aliphatic carbocycles. The fourth-order valence-corrected chi connectivity index (χ4v) is 1.40. The number of methoxy groups -OCH3 is 1. The number of allylic oxidation sites excluding steroid dienone is 1. The zero-order chi connectivity index (χ0) is 14.3. The van der Waals surface area contributed by atoms with E-state index in [1.165, 1.54) is 7.11 Å². The van der Waals surface area contributed by atoms with Crippen LogP contribution in [0, 0.1) is 22.7 Å². The summed E-state index contributed by atoms with van der Waals surface area (Å²) in [5.74, 6) is 0.201. The minimum Gasteiger partial charge on any atom is -0.494 e. The minimum atomic E-state index is -0.849. The zero-order valence-corrected chi connectivity index (χ0v) is 10.2. The fourth-order valence-electron chi connectivity index (χ4n) is 1.40. The number of benzene rings is 1. The van der Waals surface area contributed by atoms with Gasteiger partial charge in [-0.05, 0) is 5.56 Å². The molecule has 1 amide bonds.